The third-order valence-corrected chi connectivity index (χ3v) is 5.62. The monoisotopic (exact) mass is 447 g/mol. The van der Waals surface area contributed by atoms with Crippen LogP contribution in [-0.2, 0) is 22.4 Å². The van der Waals surface area contributed by atoms with Crippen LogP contribution < -0.4 is 5.32 Å². The first-order chi connectivity index (χ1) is 16.0. The number of aryl methyl sites for hydroxylation is 3. The highest BCUT2D eigenvalue weighted by Gasteiger charge is 2.31. The predicted molar refractivity (Wildman–Crippen MR) is 121 cm³/mol. The Morgan fingerprint density at radius 1 is 1.09 bits per heavy atom. The van der Waals surface area contributed by atoms with E-state index in [1.54, 1.807) is 0 Å². The number of benzene rings is 2. The van der Waals surface area contributed by atoms with E-state index in [9.17, 15) is 14.8 Å². The van der Waals surface area contributed by atoms with E-state index < -0.39 is 12.2 Å². The molecule has 1 aliphatic rings. The van der Waals surface area contributed by atoms with Gasteiger partial charge in [-0.3, -0.25) is 10.1 Å². The van der Waals surface area contributed by atoms with Gasteiger partial charge < -0.3 is 14.4 Å². The molecule has 2 N–H and O–H groups in total. The van der Waals surface area contributed by atoms with Gasteiger partial charge in [0.2, 0.25) is 5.89 Å². The Hall–Kier alpha value is -3.94. The van der Waals surface area contributed by atoms with E-state index in [4.69, 9.17) is 9.15 Å². The van der Waals surface area contributed by atoms with Crippen molar-refractivity contribution in [3.8, 4) is 11.5 Å². The van der Waals surface area contributed by atoms with Crippen molar-refractivity contribution in [1.29, 1.82) is 0 Å². The molecule has 1 saturated heterocycles. The first kappa shape index (κ1) is 22.3. The van der Waals surface area contributed by atoms with Crippen LogP contribution in [0, 0.1) is 6.92 Å². The number of imide groups is 1. The Labute approximate surface area is 191 Å². The maximum absolute atomic E-state index is 11.5. The third kappa shape index (κ3) is 5.46. The lowest BCUT2D eigenvalue weighted by atomic mass is 10.00. The molecule has 170 valence electrons. The number of oxazole rings is 1. The summed E-state index contributed by atoms with van der Waals surface area (Å²) >= 11 is 0. The topological polar surface area (TPSA) is 114 Å². The number of amides is 2. The summed E-state index contributed by atoms with van der Waals surface area (Å²) in [4.78, 5) is 27.2. The SMILES string of the molecule is Cc1oc(-c2ccccc2)nc1CCC(=NO)c1ccc(CCCC2OC(=O)NC2=O)cc1. The van der Waals surface area contributed by atoms with Crippen LogP contribution in [0.15, 0.2) is 64.2 Å². The van der Waals surface area contributed by atoms with Gasteiger partial charge in [0, 0.05) is 5.56 Å². The largest absolute Gasteiger partial charge is 0.441 e. The number of rotatable bonds is 9. The molecule has 2 amide bonds. The van der Waals surface area contributed by atoms with Crippen molar-refractivity contribution in [3.05, 3.63) is 77.2 Å². The summed E-state index contributed by atoms with van der Waals surface area (Å²) in [6, 6.07) is 17.5. The number of ether oxygens (including phenoxy) is 1. The summed E-state index contributed by atoms with van der Waals surface area (Å²) < 4.78 is 10.7. The molecule has 8 heteroatoms. The van der Waals surface area contributed by atoms with E-state index in [-0.39, 0.29) is 5.91 Å². The van der Waals surface area contributed by atoms with Crippen molar-refractivity contribution in [1.82, 2.24) is 10.3 Å². The van der Waals surface area contributed by atoms with Crippen LogP contribution in [0.5, 0.6) is 0 Å². The lowest BCUT2D eigenvalue weighted by molar-refractivity contribution is -0.123. The molecular formula is C25H25N3O5. The Morgan fingerprint density at radius 2 is 1.85 bits per heavy atom. The van der Waals surface area contributed by atoms with Gasteiger partial charge in [-0.05, 0) is 62.3 Å². The fourth-order valence-electron chi connectivity index (χ4n) is 3.79. The van der Waals surface area contributed by atoms with Gasteiger partial charge in [-0.15, -0.1) is 0 Å². The van der Waals surface area contributed by atoms with E-state index in [0.717, 1.165) is 34.6 Å². The molecule has 2 heterocycles. The summed E-state index contributed by atoms with van der Waals surface area (Å²) in [5, 5.41) is 15.2. The van der Waals surface area contributed by atoms with Gasteiger partial charge in [0.1, 0.15) is 5.76 Å². The molecule has 0 bridgehead atoms. The van der Waals surface area contributed by atoms with Gasteiger partial charge >= 0.3 is 6.09 Å². The Balaban J connectivity index is 1.31. The molecule has 8 nitrogen and oxygen atoms in total. The number of carbonyl (C=O) groups is 2. The fourth-order valence-corrected chi connectivity index (χ4v) is 3.79. The number of alkyl carbamates (subject to hydrolysis) is 1. The maximum Gasteiger partial charge on any atom is 0.414 e. The number of hydrogen-bond acceptors (Lipinski definition) is 7. The first-order valence-electron chi connectivity index (χ1n) is 10.9. The molecular weight excluding hydrogens is 422 g/mol. The second kappa shape index (κ2) is 10.1. The minimum atomic E-state index is -0.702. The molecule has 1 aromatic heterocycles. The normalized spacial score (nSPS) is 16.0. The number of nitrogens with one attached hydrogen (secondary N) is 1. The van der Waals surface area contributed by atoms with Crippen molar-refractivity contribution < 1.29 is 24.0 Å². The van der Waals surface area contributed by atoms with Crippen molar-refractivity contribution >= 4 is 17.7 Å². The Morgan fingerprint density at radius 3 is 2.52 bits per heavy atom. The van der Waals surface area contributed by atoms with Crippen LogP contribution in [0.4, 0.5) is 4.79 Å². The molecule has 0 spiro atoms. The number of oxime groups is 1. The summed E-state index contributed by atoms with van der Waals surface area (Å²) in [5.41, 5.74) is 4.24. The number of carbonyl (C=O) groups excluding carboxylic acids is 2. The Bertz CT molecular complexity index is 1150. The average molecular weight is 447 g/mol. The zero-order valence-electron chi connectivity index (χ0n) is 18.3. The molecule has 1 atom stereocenters. The molecule has 1 unspecified atom stereocenters. The number of nitrogens with zero attached hydrogens (tertiary/aromatic N) is 2. The van der Waals surface area contributed by atoms with Crippen LogP contribution in [0.1, 0.15) is 41.8 Å². The number of aromatic nitrogens is 1. The molecule has 0 aliphatic carbocycles. The van der Waals surface area contributed by atoms with Crippen molar-refractivity contribution in [2.45, 2.75) is 45.1 Å². The molecule has 2 aromatic carbocycles. The van der Waals surface area contributed by atoms with Gasteiger partial charge in [-0.1, -0.05) is 47.6 Å². The van der Waals surface area contributed by atoms with E-state index in [0.29, 0.717) is 37.3 Å². The van der Waals surface area contributed by atoms with Crippen LogP contribution in [0.3, 0.4) is 0 Å². The minimum Gasteiger partial charge on any atom is -0.441 e. The fraction of sp³-hybridized carbons (Fsp3) is 0.280. The van der Waals surface area contributed by atoms with Gasteiger partial charge in [0.05, 0.1) is 11.4 Å². The number of hydrogen-bond donors (Lipinski definition) is 2. The quantitative estimate of drug-likeness (QED) is 0.285. The molecule has 3 aromatic rings. The molecule has 4 rings (SSSR count). The van der Waals surface area contributed by atoms with Crippen LogP contribution in [0.25, 0.3) is 11.5 Å². The van der Waals surface area contributed by atoms with Crippen molar-refractivity contribution in [3.63, 3.8) is 0 Å². The van der Waals surface area contributed by atoms with Gasteiger partial charge in [-0.2, -0.15) is 0 Å². The lowest BCUT2D eigenvalue weighted by Crippen LogP contribution is -2.24. The second-order valence-corrected chi connectivity index (χ2v) is 7.91. The van der Waals surface area contributed by atoms with Crippen LogP contribution >= 0.6 is 0 Å². The standard InChI is InChI=1S/C25H25N3O5/c1-16-20(26-24(32-16)19-7-3-2-4-8-19)14-15-21(28-31)18-12-10-17(11-13-18)6-5-9-22-23(29)27-25(30)33-22/h2-4,7-8,10-13,22,31H,5-6,9,14-15H2,1H3,(H,27,29,30). The molecule has 1 fully saturated rings. The highest BCUT2D eigenvalue weighted by atomic mass is 16.6. The molecule has 0 saturated carbocycles. The van der Waals surface area contributed by atoms with E-state index in [1.807, 2.05) is 61.5 Å². The summed E-state index contributed by atoms with van der Waals surface area (Å²) in [6.45, 7) is 1.88. The third-order valence-electron chi connectivity index (χ3n) is 5.62. The zero-order chi connectivity index (χ0) is 23.2. The van der Waals surface area contributed by atoms with E-state index in [1.165, 1.54) is 0 Å². The van der Waals surface area contributed by atoms with Gasteiger partial charge in [-0.25, -0.2) is 9.78 Å². The highest BCUT2D eigenvalue weighted by Crippen LogP contribution is 2.23. The van der Waals surface area contributed by atoms with E-state index in [2.05, 4.69) is 15.5 Å². The maximum atomic E-state index is 11.5. The highest BCUT2D eigenvalue weighted by molar-refractivity contribution is 6.00. The minimum absolute atomic E-state index is 0.377. The summed E-state index contributed by atoms with van der Waals surface area (Å²) in [6.07, 6.45) is 1.65. The smallest absolute Gasteiger partial charge is 0.414 e. The van der Waals surface area contributed by atoms with Crippen LogP contribution in [0.2, 0.25) is 0 Å². The molecule has 33 heavy (non-hydrogen) atoms. The second-order valence-electron chi connectivity index (χ2n) is 7.91. The van der Waals surface area contributed by atoms with E-state index >= 15 is 0 Å². The summed E-state index contributed by atoms with van der Waals surface area (Å²) in [5.74, 6) is 0.959. The summed E-state index contributed by atoms with van der Waals surface area (Å²) in [7, 11) is 0. The average Bonchev–Trinajstić information content (AvgIpc) is 3.36. The van der Waals surface area contributed by atoms with Crippen molar-refractivity contribution in [2.75, 3.05) is 0 Å². The van der Waals surface area contributed by atoms with Crippen LogP contribution in [-0.4, -0.2) is 34.0 Å². The Kier molecular flexibility index (Phi) is 6.83. The van der Waals surface area contributed by atoms with Gasteiger partial charge in [0.15, 0.2) is 6.10 Å². The first-order valence-corrected chi connectivity index (χ1v) is 10.9. The van der Waals surface area contributed by atoms with Crippen molar-refractivity contribution in [2.24, 2.45) is 5.16 Å². The van der Waals surface area contributed by atoms with Gasteiger partial charge in [0.25, 0.3) is 5.91 Å². The predicted octanol–water partition coefficient (Wildman–Crippen LogP) is 4.42. The zero-order valence-corrected chi connectivity index (χ0v) is 18.3. The molecule has 0 radical (unpaired) electrons. The molecule has 1 aliphatic heterocycles. The lowest BCUT2D eigenvalue weighted by Gasteiger charge is -2.08. The number of cyclic esters (lactones) is 1.